The van der Waals surface area contributed by atoms with Crippen LogP contribution < -0.4 is 5.32 Å². The van der Waals surface area contributed by atoms with Gasteiger partial charge in [0.25, 0.3) is 0 Å². The standard InChI is InChI=1S/C11H16N4O2S/c1-7-4-3-5-15(6-7)10(17)9(16)12-11-14-13-8(2)18-11/h7H,3-6H2,1-2H3,(H,12,14,16)/t7-/m0/s1. The SMILES string of the molecule is Cc1nnc(NC(=O)C(=O)N2CCC[C@H](C)C2)s1. The molecule has 1 aromatic rings. The number of hydrogen-bond donors (Lipinski definition) is 1. The Balaban J connectivity index is 1.94. The molecule has 1 atom stereocenters. The summed E-state index contributed by atoms with van der Waals surface area (Å²) in [5.74, 6) is -0.645. The van der Waals surface area contributed by atoms with Crippen molar-refractivity contribution in [2.45, 2.75) is 26.7 Å². The molecule has 18 heavy (non-hydrogen) atoms. The first-order chi connectivity index (χ1) is 8.56. The maximum Gasteiger partial charge on any atom is 0.315 e. The highest BCUT2D eigenvalue weighted by molar-refractivity contribution is 7.15. The number of aromatic nitrogens is 2. The third-order valence-corrected chi connectivity index (χ3v) is 3.64. The first kappa shape index (κ1) is 12.9. The fraction of sp³-hybridized carbons (Fsp3) is 0.636. The maximum atomic E-state index is 11.9. The van der Waals surface area contributed by atoms with Crippen molar-refractivity contribution in [3.63, 3.8) is 0 Å². The summed E-state index contributed by atoms with van der Waals surface area (Å²) in [6, 6.07) is 0. The van der Waals surface area contributed by atoms with E-state index in [2.05, 4.69) is 22.4 Å². The van der Waals surface area contributed by atoms with Crippen molar-refractivity contribution < 1.29 is 9.59 Å². The van der Waals surface area contributed by atoms with E-state index in [9.17, 15) is 9.59 Å². The second-order valence-electron chi connectivity index (χ2n) is 4.58. The predicted octanol–water partition coefficient (Wildman–Crippen LogP) is 1.04. The summed E-state index contributed by atoms with van der Waals surface area (Å²) in [5.41, 5.74) is 0. The van der Waals surface area contributed by atoms with Gasteiger partial charge in [0.05, 0.1) is 0 Å². The molecule has 2 heterocycles. The first-order valence-electron chi connectivity index (χ1n) is 5.96. The minimum Gasteiger partial charge on any atom is -0.334 e. The van der Waals surface area contributed by atoms with Crippen molar-refractivity contribution >= 4 is 28.3 Å². The highest BCUT2D eigenvalue weighted by Crippen LogP contribution is 2.17. The van der Waals surface area contributed by atoms with Gasteiger partial charge in [-0.05, 0) is 25.7 Å². The van der Waals surface area contributed by atoms with Crippen molar-refractivity contribution in [3.05, 3.63) is 5.01 Å². The molecule has 6 nitrogen and oxygen atoms in total. The van der Waals surface area contributed by atoms with Crippen LogP contribution in [0.4, 0.5) is 5.13 Å². The summed E-state index contributed by atoms with van der Waals surface area (Å²) in [5, 5.41) is 11.2. The largest absolute Gasteiger partial charge is 0.334 e. The second-order valence-corrected chi connectivity index (χ2v) is 5.76. The zero-order chi connectivity index (χ0) is 13.1. The van der Waals surface area contributed by atoms with Gasteiger partial charge in [0.1, 0.15) is 5.01 Å². The quantitative estimate of drug-likeness (QED) is 0.772. The molecule has 0 bridgehead atoms. The first-order valence-corrected chi connectivity index (χ1v) is 6.78. The molecule has 1 N–H and O–H groups in total. The number of anilines is 1. The number of hydrogen-bond acceptors (Lipinski definition) is 5. The van der Waals surface area contributed by atoms with Crippen LogP contribution >= 0.6 is 11.3 Å². The van der Waals surface area contributed by atoms with Crippen molar-refractivity contribution in [1.82, 2.24) is 15.1 Å². The topological polar surface area (TPSA) is 75.2 Å². The summed E-state index contributed by atoms with van der Waals surface area (Å²) in [7, 11) is 0. The van der Waals surface area contributed by atoms with Gasteiger partial charge in [0, 0.05) is 13.1 Å². The van der Waals surface area contributed by atoms with Crippen molar-refractivity contribution in [2.24, 2.45) is 5.92 Å². The Morgan fingerprint density at radius 3 is 2.83 bits per heavy atom. The highest BCUT2D eigenvalue weighted by Gasteiger charge is 2.26. The van der Waals surface area contributed by atoms with Crippen LogP contribution in [0.3, 0.4) is 0 Å². The maximum absolute atomic E-state index is 11.9. The molecule has 0 spiro atoms. The lowest BCUT2D eigenvalue weighted by Gasteiger charge is -2.30. The number of carbonyl (C=O) groups is 2. The highest BCUT2D eigenvalue weighted by atomic mass is 32.1. The Kier molecular flexibility index (Phi) is 3.90. The fourth-order valence-electron chi connectivity index (χ4n) is 2.02. The van der Waals surface area contributed by atoms with Crippen LogP contribution in [0.15, 0.2) is 0 Å². The van der Waals surface area contributed by atoms with E-state index in [0.29, 0.717) is 24.1 Å². The van der Waals surface area contributed by atoms with E-state index in [1.54, 1.807) is 11.8 Å². The van der Waals surface area contributed by atoms with Crippen LogP contribution in [0.1, 0.15) is 24.8 Å². The Hall–Kier alpha value is -1.50. The van der Waals surface area contributed by atoms with E-state index < -0.39 is 11.8 Å². The van der Waals surface area contributed by atoms with Crippen LogP contribution in [-0.2, 0) is 9.59 Å². The van der Waals surface area contributed by atoms with Crippen molar-refractivity contribution in [2.75, 3.05) is 18.4 Å². The lowest BCUT2D eigenvalue weighted by atomic mass is 10.0. The number of nitrogens with zero attached hydrogens (tertiary/aromatic N) is 3. The fourth-order valence-corrected chi connectivity index (χ4v) is 2.60. The molecule has 1 aromatic heterocycles. The van der Waals surface area contributed by atoms with E-state index in [4.69, 9.17) is 0 Å². The molecule has 7 heteroatoms. The molecule has 0 saturated carbocycles. The van der Waals surface area contributed by atoms with Crippen LogP contribution in [0.5, 0.6) is 0 Å². The van der Waals surface area contributed by atoms with Crippen LogP contribution in [-0.4, -0.2) is 40.0 Å². The number of piperidine rings is 1. The summed E-state index contributed by atoms with van der Waals surface area (Å²) in [6.07, 6.45) is 2.07. The van der Waals surface area contributed by atoms with Gasteiger partial charge in [-0.3, -0.25) is 14.9 Å². The molecular formula is C11H16N4O2S. The lowest BCUT2D eigenvalue weighted by Crippen LogP contribution is -2.44. The molecule has 1 saturated heterocycles. The number of nitrogens with one attached hydrogen (secondary N) is 1. The van der Waals surface area contributed by atoms with Gasteiger partial charge in [-0.25, -0.2) is 0 Å². The lowest BCUT2D eigenvalue weighted by molar-refractivity contribution is -0.144. The number of aryl methyl sites for hydroxylation is 1. The third-order valence-electron chi connectivity index (χ3n) is 2.88. The Bertz CT molecular complexity index is 460. The summed E-state index contributed by atoms with van der Waals surface area (Å²) >= 11 is 1.26. The van der Waals surface area contributed by atoms with Crippen molar-refractivity contribution in [1.29, 1.82) is 0 Å². The van der Waals surface area contributed by atoms with Crippen LogP contribution in [0, 0.1) is 12.8 Å². The molecule has 2 rings (SSSR count). The predicted molar refractivity (Wildman–Crippen MR) is 68.3 cm³/mol. The Morgan fingerprint density at radius 2 is 2.22 bits per heavy atom. The Labute approximate surface area is 109 Å². The smallest absolute Gasteiger partial charge is 0.315 e. The van der Waals surface area contributed by atoms with Crippen molar-refractivity contribution in [3.8, 4) is 0 Å². The monoisotopic (exact) mass is 268 g/mol. The molecule has 1 fully saturated rings. The van der Waals surface area contributed by atoms with E-state index in [-0.39, 0.29) is 0 Å². The van der Waals surface area contributed by atoms with E-state index >= 15 is 0 Å². The van der Waals surface area contributed by atoms with Gasteiger partial charge < -0.3 is 4.90 Å². The number of rotatable bonds is 1. The second kappa shape index (κ2) is 5.43. The molecule has 1 aliphatic heterocycles. The normalized spacial score (nSPS) is 19.7. The van der Waals surface area contributed by atoms with E-state index in [1.165, 1.54) is 11.3 Å². The molecule has 0 aliphatic carbocycles. The zero-order valence-corrected chi connectivity index (χ0v) is 11.3. The summed E-state index contributed by atoms with van der Waals surface area (Å²) < 4.78 is 0. The molecule has 1 aliphatic rings. The minimum absolute atomic E-state index is 0.371. The molecule has 2 amide bonds. The van der Waals surface area contributed by atoms with Crippen LogP contribution in [0.25, 0.3) is 0 Å². The van der Waals surface area contributed by atoms with Gasteiger partial charge in [-0.15, -0.1) is 10.2 Å². The van der Waals surface area contributed by atoms with Gasteiger partial charge in [-0.1, -0.05) is 18.3 Å². The number of carbonyl (C=O) groups excluding carboxylic acids is 2. The molecular weight excluding hydrogens is 252 g/mol. The summed E-state index contributed by atoms with van der Waals surface area (Å²) in [6.45, 7) is 5.19. The zero-order valence-electron chi connectivity index (χ0n) is 10.5. The minimum atomic E-state index is -0.625. The van der Waals surface area contributed by atoms with Gasteiger partial charge >= 0.3 is 11.8 Å². The average molecular weight is 268 g/mol. The van der Waals surface area contributed by atoms with Gasteiger partial charge in [0.2, 0.25) is 5.13 Å². The van der Waals surface area contributed by atoms with E-state index in [0.717, 1.165) is 17.8 Å². The molecule has 98 valence electrons. The number of amides is 2. The molecule has 0 aromatic carbocycles. The van der Waals surface area contributed by atoms with E-state index in [1.807, 2.05) is 0 Å². The van der Waals surface area contributed by atoms with Gasteiger partial charge in [0.15, 0.2) is 0 Å². The summed E-state index contributed by atoms with van der Waals surface area (Å²) in [4.78, 5) is 25.3. The Morgan fingerprint density at radius 1 is 1.44 bits per heavy atom. The molecule has 0 radical (unpaired) electrons. The van der Waals surface area contributed by atoms with Gasteiger partial charge in [-0.2, -0.15) is 0 Å². The molecule has 0 unspecified atom stereocenters. The number of likely N-dealkylation sites (tertiary alicyclic amines) is 1. The van der Waals surface area contributed by atoms with Crippen LogP contribution in [0.2, 0.25) is 0 Å². The average Bonchev–Trinajstić information content (AvgIpc) is 2.73. The third kappa shape index (κ3) is 3.04.